The number of hydrogen-bond acceptors (Lipinski definition) is 2. The van der Waals surface area contributed by atoms with Gasteiger partial charge in [-0.3, -0.25) is 0 Å². The molecule has 1 rings (SSSR count). The van der Waals surface area contributed by atoms with Crippen LogP contribution >= 0.6 is 0 Å². The molecule has 0 aromatic carbocycles. The molecule has 0 spiro atoms. The van der Waals surface area contributed by atoms with E-state index in [0.717, 1.165) is 0 Å². The van der Waals surface area contributed by atoms with E-state index in [4.69, 9.17) is 4.74 Å². The standard InChI is InChI=1S/C17H30O2/c1-3-5-7-9-11-15(12-10-8-6-4-2)16-13-17(18)19-14-16/h13,15H,3-12,14H2,1-2H3. The average molecular weight is 266 g/mol. The van der Waals surface area contributed by atoms with Crippen molar-refractivity contribution in [3.05, 3.63) is 11.6 Å². The van der Waals surface area contributed by atoms with Gasteiger partial charge in [-0.1, -0.05) is 65.2 Å². The van der Waals surface area contributed by atoms with Crippen molar-refractivity contribution in [2.75, 3.05) is 6.61 Å². The Labute approximate surface area is 118 Å². The van der Waals surface area contributed by atoms with Gasteiger partial charge in [0.25, 0.3) is 0 Å². The molecule has 19 heavy (non-hydrogen) atoms. The van der Waals surface area contributed by atoms with Gasteiger partial charge in [0.1, 0.15) is 6.61 Å². The first-order valence-corrected chi connectivity index (χ1v) is 8.15. The van der Waals surface area contributed by atoms with Crippen LogP contribution in [-0.4, -0.2) is 12.6 Å². The van der Waals surface area contributed by atoms with E-state index in [9.17, 15) is 4.79 Å². The molecule has 0 bridgehead atoms. The largest absolute Gasteiger partial charge is 0.458 e. The molecule has 2 nitrogen and oxygen atoms in total. The summed E-state index contributed by atoms with van der Waals surface area (Å²) >= 11 is 0. The van der Waals surface area contributed by atoms with Gasteiger partial charge in [0.2, 0.25) is 0 Å². The third-order valence-electron chi connectivity index (χ3n) is 4.02. The molecule has 0 N–H and O–H groups in total. The third kappa shape index (κ3) is 6.79. The highest BCUT2D eigenvalue weighted by molar-refractivity contribution is 5.85. The molecule has 0 fully saturated rings. The predicted octanol–water partition coefficient (Wildman–Crippen LogP) is 5.03. The van der Waals surface area contributed by atoms with Gasteiger partial charge in [-0.15, -0.1) is 0 Å². The van der Waals surface area contributed by atoms with E-state index in [-0.39, 0.29) is 5.97 Å². The minimum atomic E-state index is -0.137. The van der Waals surface area contributed by atoms with Crippen LogP contribution in [0.4, 0.5) is 0 Å². The Balaban J connectivity index is 2.34. The third-order valence-corrected chi connectivity index (χ3v) is 4.02. The van der Waals surface area contributed by atoms with Gasteiger partial charge >= 0.3 is 5.97 Å². The summed E-state index contributed by atoms with van der Waals surface area (Å²) in [5, 5.41) is 0. The van der Waals surface area contributed by atoms with Gasteiger partial charge in [0.05, 0.1) is 0 Å². The molecule has 0 radical (unpaired) electrons. The number of ether oxygens (including phenoxy) is 1. The Kier molecular flexibility index (Phi) is 8.61. The number of rotatable bonds is 11. The molecular weight excluding hydrogens is 236 g/mol. The second-order valence-electron chi connectivity index (χ2n) is 5.72. The molecule has 1 aliphatic heterocycles. The zero-order valence-corrected chi connectivity index (χ0v) is 12.7. The van der Waals surface area contributed by atoms with Crippen molar-refractivity contribution < 1.29 is 9.53 Å². The average Bonchev–Trinajstić information content (AvgIpc) is 2.83. The number of esters is 1. The molecule has 110 valence electrons. The number of carbonyl (C=O) groups is 1. The number of carbonyl (C=O) groups excluding carboxylic acids is 1. The summed E-state index contributed by atoms with van der Waals surface area (Å²) in [6.45, 7) is 5.04. The van der Waals surface area contributed by atoms with Crippen molar-refractivity contribution in [3.63, 3.8) is 0 Å². The van der Waals surface area contributed by atoms with E-state index in [1.54, 1.807) is 6.08 Å². The van der Waals surface area contributed by atoms with Crippen molar-refractivity contribution in [1.29, 1.82) is 0 Å². The second-order valence-corrected chi connectivity index (χ2v) is 5.72. The van der Waals surface area contributed by atoms with E-state index in [2.05, 4.69) is 13.8 Å². The topological polar surface area (TPSA) is 26.3 Å². The summed E-state index contributed by atoms with van der Waals surface area (Å²) < 4.78 is 5.07. The van der Waals surface area contributed by atoms with E-state index in [1.807, 2.05) is 0 Å². The Morgan fingerprint density at radius 2 is 1.58 bits per heavy atom. The molecule has 0 aliphatic carbocycles. The zero-order chi connectivity index (χ0) is 13.9. The monoisotopic (exact) mass is 266 g/mol. The Morgan fingerprint density at radius 1 is 1.00 bits per heavy atom. The fourth-order valence-corrected chi connectivity index (χ4v) is 2.78. The van der Waals surface area contributed by atoms with Gasteiger partial charge in [-0.2, -0.15) is 0 Å². The van der Waals surface area contributed by atoms with Gasteiger partial charge < -0.3 is 4.74 Å². The molecule has 0 unspecified atom stereocenters. The first-order chi connectivity index (χ1) is 9.27. The van der Waals surface area contributed by atoms with Crippen molar-refractivity contribution in [2.45, 2.75) is 78.1 Å². The summed E-state index contributed by atoms with van der Waals surface area (Å²) in [4.78, 5) is 11.2. The van der Waals surface area contributed by atoms with Crippen molar-refractivity contribution in [3.8, 4) is 0 Å². The molecule has 0 saturated heterocycles. The van der Waals surface area contributed by atoms with Crippen LogP contribution in [0.25, 0.3) is 0 Å². The highest BCUT2D eigenvalue weighted by Crippen LogP contribution is 2.27. The van der Waals surface area contributed by atoms with Crippen molar-refractivity contribution >= 4 is 5.97 Å². The number of unbranched alkanes of at least 4 members (excludes halogenated alkanes) is 6. The maximum Gasteiger partial charge on any atom is 0.331 e. The molecule has 0 aromatic heterocycles. The summed E-state index contributed by atoms with van der Waals surface area (Å²) in [6.07, 6.45) is 14.7. The van der Waals surface area contributed by atoms with Crippen molar-refractivity contribution in [2.24, 2.45) is 5.92 Å². The van der Waals surface area contributed by atoms with Crippen LogP contribution in [0.3, 0.4) is 0 Å². The summed E-state index contributed by atoms with van der Waals surface area (Å²) in [7, 11) is 0. The molecule has 0 aromatic rings. The van der Waals surface area contributed by atoms with Crippen LogP contribution < -0.4 is 0 Å². The minimum Gasteiger partial charge on any atom is -0.458 e. The first-order valence-electron chi connectivity index (χ1n) is 8.15. The van der Waals surface area contributed by atoms with Gasteiger partial charge in [-0.25, -0.2) is 4.79 Å². The molecule has 2 heteroatoms. The molecule has 0 amide bonds. The summed E-state index contributed by atoms with van der Waals surface area (Å²) in [6, 6.07) is 0. The smallest absolute Gasteiger partial charge is 0.331 e. The number of hydrogen-bond donors (Lipinski definition) is 0. The lowest BCUT2D eigenvalue weighted by Gasteiger charge is -2.17. The molecule has 1 aliphatic rings. The van der Waals surface area contributed by atoms with Crippen LogP contribution in [0.15, 0.2) is 11.6 Å². The van der Waals surface area contributed by atoms with E-state index >= 15 is 0 Å². The van der Waals surface area contributed by atoms with Crippen molar-refractivity contribution in [1.82, 2.24) is 0 Å². The highest BCUT2D eigenvalue weighted by Gasteiger charge is 2.21. The highest BCUT2D eigenvalue weighted by atomic mass is 16.5. The lowest BCUT2D eigenvalue weighted by atomic mass is 9.88. The Morgan fingerprint density at radius 3 is 2.00 bits per heavy atom. The van der Waals surface area contributed by atoms with E-state index in [1.165, 1.54) is 69.8 Å². The molecule has 0 saturated carbocycles. The Bertz CT molecular complexity index is 269. The van der Waals surface area contributed by atoms with Crippen LogP contribution in [0.1, 0.15) is 78.1 Å². The van der Waals surface area contributed by atoms with Crippen LogP contribution in [0.2, 0.25) is 0 Å². The van der Waals surface area contributed by atoms with Crippen LogP contribution in [-0.2, 0) is 9.53 Å². The van der Waals surface area contributed by atoms with Gasteiger partial charge in [0, 0.05) is 6.08 Å². The lowest BCUT2D eigenvalue weighted by molar-refractivity contribution is -0.135. The molecule has 0 atom stereocenters. The maximum absolute atomic E-state index is 11.2. The maximum atomic E-state index is 11.2. The SMILES string of the molecule is CCCCCCC(CCCCCC)C1=CC(=O)OC1. The van der Waals surface area contributed by atoms with E-state index < -0.39 is 0 Å². The van der Waals surface area contributed by atoms with Gasteiger partial charge in [0.15, 0.2) is 0 Å². The zero-order valence-electron chi connectivity index (χ0n) is 12.7. The fourth-order valence-electron chi connectivity index (χ4n) is 2.78. The molecule has 1 heterocycles. The predicted molar refractivity (Wildman–Crippen MR) is 80.1 cm³/mol. The normalized spacial score (nSPS) is 14.9. The minimum absolute atomic E-state index is 0.137. The fraction of sp³-hybridized carbons (Fsp3) is 0.824. The summed E-state index contributed by atoms with van der Waals surface area (Å²) in [5.74, 6) is 0.447. The number of cyclic esters (lactones) is 1. The Hall–Kier alpha value is -0.790. The van der Waals surface area contributed by atoms with Crippen LogP contribution in [0.5, 0.6) is 0 Å². The lowest BCUT2D eigenvalue weighted by Crippen LogP contribution is -2.06. The first kappa shape index (κ1) is 16.3. The second kappa shape index (κ2) is 10.1. The quantitative estimate of drug-likeness (QED) is 0.387. The van der Waals surface area contributed by atoms with Crippen LogP contribution in [0, 0.1) is 5.92 Å². The summed E-state index contributed by atoms with van der Waals surface area (Å²) in [5.41, 5.74) is 1.25. The molecular formula is C17H30O2. The van der Waals surface area contributed by atoms with Gasteiger partial charge in [-0.05, 0) is 24.3 Å². The van der Waals surface area contributed by atoms with E-state index in [0.29, 0.717) is 12.5 Å².